The Morgan fingerprint density at radius 1 is 1.18 bits per heavy atom. The smallest absolute Gasteiger partial charge is 0.369 e. The Hall–Kier alpha value is -2.76. The number of pyridine rings is 1. The summed E-state index contributed by atoms with van der Waals surface area (Å²) in [5.41, 5.74) is 0.507. The monoisotopic (exact) mass is 461 g/mol. The normalized spacial score (nSPS) is 24.2. The van der Waals surface area contributed by atoms with Crippen LogP contribution in [0.15, 0.2) is 24.5 Å². The highest BCUT2D eigenvalue weighted by atomic mass is 19.4. The topological polar surface area (TPSA) is 99.8 Å². The number of hydrogen-bond donors (Lipinski definition) is 4. The summed E-state index contributed by atoms with van der Waals surface area (Å²) < 4.78 is 47.2. The van der Waals surface area contributed by atoms with Crippen molar-refractivity contribution >= 4 is 17.0 Å². The molecule has 3 aromatic heterocycles. The molecule has 33 heavy (non-hydrogen) atoms. The fourth-order valence-electron chi connectivity index (χ4n) is 4.46. The standard InChI is InChI=1S/C22H26F3N7O/c1-12-8-13(4-5-27-12)30-21-29-10-16(22(23,24)25)19(32-21)15-9-28-20-14(15)2-3-17(31-20)18-11-26-6-7-33-18/h2-3,9-10,12-13,18,26-27H,4-8,11H2,1H3,(H,28,31)(H,29,30,32)/t12-,13+,18?/m0/s1. The van der Waals surface area contributed by atoms with E-state index >= 15 is 0 Å². The Kier molecular flexibility index (Phi) is 5.94. The minimum atomic E-state index is -4.59. The van der Waals surface area contributed by atoms with Crippen LogP contribution in [0.2, 0.25) is 0 Å². The molecule has 4 N–H and O–H groups in total. The Bertz CT molecular complexity index is 1130. The zero-order valence-electron chi connectivity index (χ0n) is 18.2. The van der Waals surface area contributed by atoms with E-state index in [1.807, 2.05) is 0 Å². The van der Waals surface area contributed by atoms with Crippen LogP contribution < -0.4 is 16.0 Å². The minimum absolute atomic E-state index is 0.0992. The van der Waals surface area contributed by atoms with Crippen molar-refractivity contribution in [2.45, 2.75) is 44.1 Å². The van der Waals surface area contributed by atoms with E-state index in [4.69, 9.17) is 4.74 Å². The number of hydrogen-bond acceptors (Lipinski definition) is 7. The molecule has 1 unspecified atom stereocenters. The number of halogens is 3. The van der Waals surface area contributed by atoms with E-state index in [0.717, 1.165) is 37.8 Å². The van der Waals surface area contributed by atoms with E-state index in [-0.39, 0.29) is 23.8 Å². The molecule has 2 aliphatic heterocycles. The summed E-state index contributed by atoms with van der Waals surface area (Å²) >= 11 is 0. The number of anilines is 1. The molecule has 3 aromatic rings. The molecule has 2 aliphatic rings. The number of aromatic amines is 1. The lowest BCUT2D eigenvalue weighted by molar-refractivity contribution is -0.137. The van der Waals surface area contributed by atoms with Crippen molar-refractivity contribution in [3.63, 3.8) is 0 Å². The molecular formula is C22H26F3N7O. The summed E-state index contributed by atoms with van der Waals surface area (Å²) in [6, 6.07) is 3.98. The number of fused-ring (bicyclic) bond motifs is 1. The summed E-state index contributed by atoms with van der Waals surface area (Å²) in [5, 5.41) is 10.4. The van der Waals surface area contributed by atoms with Crippen molar-refractivity contribution in [1.82, 2.24) is 30.6 Å². The van der Waals surface area contributed by atoms with Crippen molar-refractivity contribution in [2.24, 2.45) is 0 Å². The fraction of sp³-hybridized carbons (Fsp3) is 0.500. The van der Waals surface area contributed by atoms with Crippen LogP contribution in [0.4, 0.5) is 19.1 Å². The number of nitrogens with zero attached hydrogens (tertiary/aromatic N) is 3. The van der Waals surface area contributed by atoms with Gasteiger partial charge in [0.05, 0.1) is 18.0 Å². The molecule has 176 valence electrons. The van der Waals surface area contributed by atoms with Crippen LogP contribution in [0.1, 0.15) is 37.1 Å². The number of ether oxygens (including phenoxy) is 1. The number of alkyl halides is 3. The SMILES string of the molecule is C[C@H]1C[C@H](Nc2ncc(C(F)(F)F)c(-c3c[nH]c4nc(C5CNCCO5)ccc34)n2)CCN1. The number of morpholine rings is 1. The molecule has 2 fully saturated rings. The van der Waals surface area contributed by atoms with Gasteiger partial charge in [-0.05, 0) is 38.4 Å². The summed E-state index contributed by atoms with van der Waals surface area (Å²) in [5.74, 6) is 0.192. The molecule has 0 aliphatic carbocycles. The zero-order valence-corrected chi connectivity index (χ0v) is 18.2. The van der Waals surface area contributed by atoms with Crippen LogP contribution in [0.5, 0.6) is 0 Å². The van der Waals surface area contributed by atoms with Gasteiger partial charge in [-0.3, -0.25) is 0 Å². The van der Waals surface area contributed by atoms with Crippen molar-refractivity contribution in [2.75, 3.05) is 31.6 Å². The first kappa shape index (κ1) is 22.1. The van der Waals surface area contributed by atoms with Gasteiger partial charge in [-0.25, -0.2) is 15.0 Å². The van der Waals surface area contributed by atoms with Crippen molar-refractivity contribution < 1.29 is 17.9 Å². The van der Waals surface area contributed by atoms with Crippen molar-refractivity contribution in [3.8, 4) is 11.3 Å². The summed E-state index contributed by atoms with van der Waals surface area (Å²) in [6.45, 7) is 4.92. The lowest BCUT2D eigenvalue weighted by Crippen LogP contribution is -2.41. The van der Waals surface area contributed by atoms with E-state index < -0.39 is 11.7 Å². The molecule has 0 saturated carbocycles. The average molecular weight is 461 g/mol. The second-order valence-electron chi connectivity index (χ2n) is 8.57. The highest BCUT2D eigenvalue weighted by Gasteiger charge is 2.36. The third kappa shape index (κ3) is 4.66. The number of nitrogens with one attached hydrogen (secondary N) is 4. The maximum Gasteiger partial charge on any atom is 0.419 e. The summed E-state index contributed by atoms with van der Waals surface area (Å²) in [7, 11) is 0. The average Bonchev–Trinajstić information content (AvgIpc) is 3.22. The molecule has 11 heteroatoms. The highest BCUT2D eigenvalue weighted by molar-refractivity contribution is 5.93. The second kappa shape index (κ2) is 8.88. The van der Waals surface area contributed by atoms with E-state index in [2.05, 4.69) is 42.8 Å². The van der Waals surface area contributed by atoms with Gasteiger partial charge >= 0.3 is 6.18 Å². The van der Waals surface area contributed by atoms with Gasteiger partial charge in [-0.2, -0.15) is 13.2 Å². The third-order valence-electron chi connectivity index (χ3n) is 6.12. The lowest BCUT2D eigenvalue weighted by Gasteiger charge is -2.28. The minimum Gasteiger partial charge on any atom is -0.369 e. The van der Waals surface area contributed by atoms with Crippen LogP contribution in [-0.4, -0.2) is 58.3 Å². The van der Waals surface area contributed by atoms with Gasteiger partial charge in [0, 0.05) is 48.5 Å². The predicted octanol–water partition coefficient (Wildman–Crippen LogP) is 3.25. The predicted molar refractivity (Wildman–Crippen MR) is 118 cm³/mol. The Balaban J connectivity index is 1.51. The molecule has 3 atom stereocenters. The van der Waals surface area contributed by atoms with E-state index in [1.54, 1.807) is 12.1 Å². The van der Waals surface area contributed by atoms with E-state index in [0.29, 0.717) is 35.8 Å². The Labute approximate surface area is 188 Å². The largest absolute Gasteiger partial charge is 0.419 e. The van der Waals surface area contributed by atoms with E-state index in [1.165, 1.54) is 6.20 Å². The first-order valence-corrected chi connectivity index (χ1v) is 11.1. The first-order valence-electron chi connectivity index (χ1n) is 11.1. The lowest BCUT2D eigenvalue weighted by atomic mass is 10.0. The highest BCUT2D eigenvalue weighted by Crippen LogP contribution is 2.38. The molecule has 0 radical (unpaired) electrons. The van der Waals surface area contributed by atoms with E-state index in [9.17, 15) is 13.2 Å². The molecule has 0 spiro atoms. The number of rotatable bonds is 4. The summed E-state index contributed by atoms with van der Waals surface area (Å²) in [4.78, 5) is 15.9. The van der Waals surface area contributed by atoms with Crippen molar-refractivity contribution in [3.05, 3.63) is 35.8 Å². The van der Waals surface area contributed by atoms with Gasteiger partial charge in [0.15, 0.2) is 0 Å². The number of aromatic nitrogens is 4. The van der Waals surface area contributed by atoms with Crippen LogP contribution in [0.3, 0.4) is 0 Å². The zero-order chi connectivity index (χ0) is 23.0. The van der Waals surface area contributed by atoms with Crippen LogP contribution >= 0.6 is 0 Å². The Morgan fingerprint density at radius 2 is 2.06 bits per heavy atom. The maximum atomic E-state index is 13.8. The van der Waals surface area contributed by atoms with Crippen molar-refractivity contribution in [1.29, 1.82) is 0 Å². The first-order chi connectivity index (χ1) is 15.9. The fourth-order valence-corrected chi connectivity index (χ4v) is 4.46. The second-order valence-corrected chi connectivity index (χ2v) is 8.57. The van der Waals surface area contributed by atoms with Crippen LogP contribution in [0, 0.1) is 0 Å². The van der Waals surface area contributed by atoms with Gasteiger partial charge in [-0.15, -0.1) is 0 Å². The number of piperidine rings is 1. The van der Waals surface area contributed by atoms with Gasteiger partial charge < -0.3 is 25.7 Å². The molecule has 8 nitrogen and oxygen atoms in total. The third-order valence-corrected chi connectivity index (χ3v) is 6.12. The van der Waals surface area contributed by atoms with Crippen LogP contribution in [-0.2, 0) is 10.9 Å². The molecule has 0 amide bonds. The quantitative estimate of drug-likeness (QED) is 0.473. The summed E-state index contributed by atoms with van der Waals surface area (Å²) in [6.07, 6.45) is -0.704. The number of H-pyrrole nitrogens is 1. The molecular weight excluding hydrogens is 435 g/mol. The van der Waals surface area contributed by atoms with Gasteiger partial charge in [0.1, 0.15) is 17.3 Å². The van der Waals surface area contributed by atoms with Gasteiger partial charge in [-0.1, -0.05) is 0 Å². The van der Waals surface area contributed by atoms with Gasteiger partial charge in [0.25, 0.3) is 0 Å². The maximum absolute atomic E-state index is 13.8. The molecule has 5 heterocycles. The Morgan fingerprint density at radius 3 is 2.82 bits per heavy atom. The molecule has 0 aromatic carbocycles. The van der Waals surface area contributed by atoms with Gasteiger partial charge in [0.2, 0.25) is 5.95 Å². The molecule has 2 saturated heterocycles. The van der Waals surface area contributed by atoms with Crippen LogP contribution in [0.25, 0.3) is 22.3 Å². The molecule has 5 rings (SSSR count). The molecule has 0 bridgehead atoms.